The third-order valence-corrected chi connectivity index (χ3v) is 4.16. The summed E-state index contributed by atoms with van der Waals surface area (Å²) in [5, 5.41) is 3.71. The van der Waals surface area contributed by atoms with Crippen LogP contribution in [0.1, 0.15) is 39.8 Å². The molecule has 3 heteroatoms. The van der Waals surface area contributed by atoms with Gasteiger partial charge in [-0.3, -0.25) is 4.98 Å². The summed E-state index contributed by atoms with van der Waals surface area (Å²) in [5.41, 5.74) is 2.63. The van der Waals surface area contributed by atoms with Gasteiger partial charge in [0.2, 0.25) is 0 Å². The minimum atomic E-state index is 0.287. The average molecular weight is 261 g/mol. The van der Waals surface area contributed by atoms with Crippen LogP contribution in [0.25, 0.3) is 0 Å². The van der Waals surface area contributed by atoms with Crippen LogP contribution in [0.4, 0.5) is 5.69 Å². The lowest BCUT2D eigenvalue weighted by Gasteiger charge is -2.46. The second-order valence-corrected chi connectivity index (χ2v) is 6.70. The molecule has 1 saturated heterocycles. The largest absolute Gasteiger partial charge is 0.364 e. The SMILES string of the molecule is CCC1CNC(C(C)(C)C)CN1c1ccc(C)nc1. The van der Waals surface area contributed by atoms with Gasteiger partial charge in [-0.15, -0.1) is 0 Å². The Morgan fingerprint density at radius 3 is 2.63 bits per heavy atom. The van der Waals surface area contributed by atoms with Crippen molar-refractivity contribution in [3.63, 3.8) is 0 Å². The van der Waals surface area contributed by atoms with Crippen LogP contribution >= 0.6 is 0 Å². The lowest BCUT2D eigenvalue weighted by molar-refractivity contribution is 0.233. The summed E-state index contributed by atoms with van der Waals surface area (Å²) < 4.78 is 0. The van der Waals surface area contributed by atoms with E-state index < -0.39 is 0 Å². The maximum absolute atomic E-state index is 4.45. The van der Waals surface area contributed by atoms with Crippen LogP contribution in [-0.2, 0) is 0 Å². The lowest BCUT2D eigenvalue weighted by Crippen LogP contribution is -2.60. The summed E-state index contributed by atoms with van der Waals surface area (Å²) >= 11 is 0. The van der Waals surface area contributed by atoms with E-state index >= 15 is 0 Å². The molecule has 0 saturated carbocycles. The summed E-state index contributed by atoms with van der Waals surface area (Å²) in [6.45, 7) is 13.3. The fourth-order valence-electron chi connectivity index (χ4n) is 2.69. The van der Waals surface area contributed by atoms with Crippen molar-refractivity contribution in [2.45, 2.75) is 53.1 Å². The van der Waals surface area contributed by atoms with Crippen molar-refractivity contribution in [1.29, 1.82) is 0 Å². The van der Waals surface area contributed by atoms with Gasteiger partial charge in [-0.05, 0) is 30.9 Å². The summed E-state index contributed by atoms with van der Waals surface area (Å²) in [7, 11) is 0. The molecule has 2 atom stereocenters. The summed E-state index contributed by atoms with van der Waals surface area (Å²) in [4.78, 5) is 6.97. The molecule has 0 aromatic carbocycles. The average Bonchev–Trinajstić information content (AvgIpc) is 2.38. The predicted octanol–water partition coefficient (Wildman–Crippen LogP) is 2.99. The molecule has 1 aliphatic rings. The van der Waals surface area contributed by atoms with Crippen molar-refractivity contribution >= 4 is 5.69 Å². The van der Waals surface area contributed by atoms with E-state index in [4.69, 9.17) is 0 Å². The number of pyridine rings is 1. The highest BCUT2D eigenvalue weighted by Gasteiger charge is 2.33. The van der Waals surface area contributed by atoms with Gasteiger partial charge in [-0.1, -0.05) is 27.7 Å². The van der Waals surface area contributed by atoms with Crippen LogP contribution in [0.2, 0.25) is 0 Å². The molecule has 0 radical (unpaired) electrons. The molecule has 1 aromatic rings. The zero-order chi connectivity index (χ0) is 14.0. The smallest absolute Gasteiger partial charge is 0.0556 e. The molecule has 0 bridgehead atoms. The number of rotatable bonds is 2. The molecule has 0 spiro atoms. The number of hydrogen-bond acceptors (Lipinski definition) is 3. The molecule has 19 heavy (non-hydrogen) atoms. The van der Waals surface area contributed by atoms with Crippen LogP contribution in [0.3, 0.4) is 0 Å². The molecule has 0 aliphatic carbocycles. The number of nitrogens with zero attached hydrogens (tertiary/aromatic N) is 2. The van der Waals surface area contributed by atoms with Crippen molar-refractivity contribution in [2.75, 3.05) is 18.0 Å². The standard InChI is InChI=1S/C16H27N3/c1-6-13-9-18-15(16(3,4)5)11-19(13)14-8-7-12(2)17-10-14/h7-8,10,13,15,18H,6,9,11H2,1-5H3. The van der Waals surface area contributed by atoms with E-state index in [1.54, 1.807) is 0 Å². The van der Waals surface area contributed by atoms with Crippen LogP contribution in [0, 0.1) is 12.3 Å². The molecular formula is C16H27N3. The number of nitrogens with one attached hydrogen (secondary N) is 1. The van der Waals surface area contributed by atoms with E-state index in [1.165, 1.54) is 5.69 Å². The Balaban J connectivity index is 2.21. The number of hydrogen-bond donors (Lipinski definition) is 1. The molecule has 0 amide bonds. The number of aryl methyl sites for hydroxylation is 1. The van der Waals surface area contributed by atoms with E-state index in [-0.39, 0.29) is 5.41 Å². The minimum Gasteiger partial charge on any atom is -0.364 e. The second kappa shape index (κ2) is 5.49. The summed E-state index contributed by atoms with van der Waals surface area (Å²) in [5.74, 6) is 0. The van der Waals surface area contributed by atoms with Crippen LogP contribution in [-0.4, -0.2) is 30.2 Å². The first-order valence-electron chi connectivity index (χ1n) is 7.34. The van der Waals surface area contributed by atoms with Gasteiger partial charge in [0.05, 0.1) is 11.9 Å². The fourth-order valence-corrected chi connectivity index (χ4v) is 2.69. The molecule has 2 rings (SSSR count). The van der Waals surface area contributed by atoms with Crippen molar-refractivity contribution in [3.05, 3.63) is 24.0 Å². The van der Waals surface area contributed by atoms with Crippen molar-refractivity contribution in [1.82, 2.24) is 10.3 Å². The van der Waals surface area contributed by atoms with E-state index in [9.17, 15) is 0 Å². The fraction of sp³-hybridized carbons (Fsp3) is 0.688. The maximum Gasteiger partial charge on any atom is 0.0556 e. The van der Waals surface area contributed by atoms with Crippen LogP contribution in [0.15, 0.2) is 18.3 Å². The molecule has 1 aromatic heterocycles. The van der Waals surface area contributed by atoms with Gasteiger partial charge in [0.15, 0.2) is 0 Å². The van der Waals surface area contributed by atoms with E-state index in [0.717, 1.165) is 25.2 Å². The minimum absolute atomic E-state index is 0.287. The molecule has 1 aliphatic heterocycles. The Bertz CT molecular complexity index is 405. The zero-order valence-electron chi connectivity index (χ0n) is 12.9. The number of aromatic nitrogens is 1. The topological polar surface area (TPSA) is 28.2 Å². The zero-order valence-corrected chi connectivity index (χ0v) is 12.9. The molecule has 2 unspecified atom stereocenters. The van der Waals surface area contributed by atoms with Gasteiger partial charge in [0, 0.05) is 30.9 Å². The van der Waals surface area contributed by atoms with Gasteiger partial charge in [-0.2, -0.15) is 0 Å². The third-order valence-electron chi connectivity index (χ3n) is 4.16. The van der Waals surface area contributed by atoms with Gasteiger partial charge in [-0.25, -0.2) is 0 Å². The highest BCUT2D eigenvalue weighted by atomic mass is 15.2. The molecule has 106 valence electrons. The van der Waals surface area contributed by atoms with Crippen molar-refractivity contribution in [2.24, 2.45) is 5.41 Å². The lowest BCUT2D eigenvalue weighted by atomic mass is 9.84. The molecule has 1 N–H and O–H groups in total. The monoisotopic (exact) mass is 261 g/mol. The highest BCUT2D eigenvalue weighted by Crippen LogP contribution is 2.27. The van der Waals surface area contributed by atoms with E-state index in [2.05, 4.69) is 55.0 Å². The van der Waals surface area contributed by atoms with Gasteiger partial charge in [0.1, 0.15) is 0 Å². The van der Waals surface area contributed by atoms with Crippen LogP contribution < -0.4 is 10.2 Å². The highest BCUT2D eigenvalue weighted by molar-refractivity contribution is 5.46. The Hall–Kier alpha value is -1.09. The van der Waals surface area contributed by atoms with E-state index in [1.807, 2.05) is 13.1 Å². The Morgan fingerprint density at radius 1 is 1.37 bits per heavy atom. The Labute approximate surface area is 117 Å². The summed E-state index contributed by atoms with van der Waals surface area (Å²) in [6.07, 6.45) is 3.18. The summed E-state index contributed by atoms with van der Waals surface area (Å²) in [6, 6.07) is 5.41. The number of anilines is 1. The molecule has 3 nitrogen and oxygen atoms in total. The predicted molar refractivity (Wildman–Crippen MR) is 81.6 cm³/mol. The first-order valence-corrected chi connectivity index (χ1v) is 7.34. The molecule has 2 heterocycles. The van der Waals surface area contributed by atoms with Gasteiger partial charge < -0.3 is 10.2 Å². The first-order chi connectivity index (χ1) is 8.91. The number of piperazine rings is 1. The third kappa shape index (κ3) is 3.27. The Kier molecular flexibility index (Phi) is 4.14. The van der Waals surface area contributed by atoms with Gasteiger partial charge >= 0.3 is 0 Å². The maximum atomic E-state index is 4.45. The molecule has 1 fully saturated rings. The first kappa shape index (κ1) is 14.3. The normalized spacial score (nSPS) is 24.6. The van der Waals surface area contributed by atoms with Crippen LogP contribution in [0.5, 0.6) is 0 Å². The molecular weight excluding hydrogens is 234 g/mol. The van der Waals surface area contributed by atoms with Crippen molar-refractivity contribution in [3.8, 4) is 0 Å². The van der Waals surface area contributed by atoms with E-state index in [0.29, 0.717) is 12.1 Å². The quantitative estimate of drug-likeness (QED) is 0.887. The van der Waals surface area contributed by atoms with Gasteiger partial charge in [0.25, 0.3) is 0 Å². The Morgan fingerprint density at radius 2 is 2.11 bits per heavy atom. The second-order valence-electron chi connectivity index (χ2n) is 6.70. The van der Waals surface area contributed by atoms with Crippen molar-refractivity contribution < 1.29 is 0 Å².